The number of carbonyl (C=O) groups excluding carboxylic acids is 1. The van der Waals surface area contributed by atoms with Crippen LogP contribution >= 0.6 is 12.4 Å². The zero-order chi connectivity index (χ0) is 19.9. The fourth-order valence-electron chi connectivity index (χ4n) is 3.33. The molecule has 7 nitrogen and oxygen atoms in total. The third-order valence-corrected chi connectivity index (χ3v) is 4.73. The number of carbonyl (C=O) groups is 1. The molecule has 1 unspecified atom stereocenters. The number of rotatable bonds is 8. The van der Waals surface area contributed by atoms with Gasteiger partial charge in [-0.2, -0.15) is 0 Å². The van der Waals surface area contributed by atoms with E-state index in [0.29, 0.717) is 35.9 Å². The summed E-state index contributed by atoms with van der Waals surface area (Å²) in [4.78, 5) is 19.5. The quantitative estimate of drug-likeness (QED) is 0.649. The molecule has 2 heterocycles. The summed E-state index contributed by atoms with van der Waals surface area (Å²) in [5.74, 6) is 1.21. The first-order valence-corrected chi connectivity index (χ1v) is 9.27. The molecule has 0 bridgehead atoms. The summed E-state index contributed by atoms with van der Waals surface area (Å²) in [6.07, 6.45) is 3.72. The van der Waals surface area contributed by atoms with Crippen LogP contribution in [0.5, 0.6) is 17.2 Å². The first-order chi connectivity index (χ1) is 13.7. The Morgan fingerprint density at radius 2 is 1.90 bits per heavy atom. The van der Waals surface area contributed by atoms with Crippen molar-refractivity contribution in [2.75, 3.05) is 34.5 Å². The summed E-state index contributed by atoms with van der Waals surface area (Å²) in [5.41, 5.74) is 1.28. The predicted octanol–water partition coefficient (Wildman–Crippen LogP) is 3.35. The van der Waals surface area contributed by atoms with Crippen LogP contribution in [-0.2, 0) is 11.3 Å². The molecule has 0 spiro atoms. The fourth-order valence-corrected chi connectivity index (χ4v) is 3.33. The maximum Gasteiger partial charge on any atom is 0.254 e. The minimum absolute atomic E-state index is 0. The zero-order valence-electron chi connectivity index (χ0n) is 16.9. The van der Waals surface area contributed by atoms with E-state index in [9.17, 15) is 4.79 Å². The van der Waals surface area contributed by atoms with Crippen molar-refractivity contribution >= 4 is 18.3 Å². The molecule has 1 atom stereocenters. The highest BCUT2D eigenvalue weighted by molar-refractivity contribution is 5.95. The predicted molar refractivity (Wildman–Crippen MR) is 111 cm³/mol. The lowest BCUT2D eigenvalue weighted by atomic mass is 10.1. The van der Waals surface area contributed by atoms with Gasteiger partial charge in [-0.05, 0) is 37.1 Å². The molecule has 1 aliphatic rings. The number of hydrogen-bond acceptors (Lipinski definition) is 6. The Labute approximate surface area is 177 Å². The van der Waals surface area contributed by atoms with Gasteiger partial charge in [0.2, 0.25) is 5.75 Å². The van der Waals surface area contributed by atoms with Gasteiger partial charge in [0.15, 0.2) is 11.5 Å². The Balaban J connectivity index is 0.00000300. The first kappa shape index (κ1) is 22.8. The van der Waals surface area contributed by atoms with Gasteiger partial charge >= 0.3 is 0 Å². The van der Waals surface area contributed by atoms with Crippen LogP contribution < -0.4 is 14.2 Å². The van der Waals surface area contributed by atoms with E-state index in [1.165, 1.54) is 21.3 Å². The van der Waals surface area contributed by atoms with Crippen LogP contribution in [0.15, 0.2) is 36.5 Å². The van der Waals surface area contributed by atoms with Crippen LogP contribution in [0.25, 0.3) is 0 Å². The van der Waals surface area contributed by atoms with Gasteiger partial charge in [-0.25, -0.2) is 0 Å². The second-order valence-corrected chi connectivity index (χ2v) is 6.56. The number of pyridine rings is 1. The van der Waals surface area contributed by atoms with Crippen molar-refractivity contribution in [3.8, 4) is 17.2 Å². The molecule has 29 heavy (non-hydrogen) atoms. The number of methoxy groups -OCH3 is 3. The number of halogens is 1. The molecule has 158 valence electrons. The van der Waals surface area contributed by atoms with Gasteiger partial charge in [0.25, 0.3) is 5.91 Å². The second-order valence-electron chi connectivity index (χ2n) is 6.56. The third kappa shape index (κ3) is 5.52. The Hall–Kier alpha value is -2.51. The largest absolute Gasteiger partial charge is 0.493 e. The summed E-state index contributed by atoms with van der Waals surface area (Å²) in [6, 6.07) is 9.02. The number of hydrogen-bond donors (Lipinski definition) is 0. The van der Waals surface area contributed by atoms with Gasteiger partial charge in [0.1, 0.15) is 0 Å². The number of nitrogens with zero attached hydrogens (tertiary/aromatic N) is 2. The Kier molecular flexibility index (Phi) is 8.54. The van der Waals surface area contributed by atoms with E-state index >= 15 is 0 Å². The smallest absolute Gasteiger partial charge is 0.254 e. The molecule has 1 aliphatic heterocycles. The molecule has 1 amide bonds. The summed E-state index contributed by atoms with van der Waals surface area (Å²) < 4.78 is 21.9. The molecule has 3 rings (SSSR count). The highest BCUT2D eigenvalue weighted by atomic mass is 35.5. The topological polar surface area (TPSA) is 70.1 Å². The van der Waals surface area contributed by atoms with E-state index in [2.05, 4.69) is 4.98 Å². The Bertz CT molecular complexity index is 772. The number of benzene rings is 1. The van der Waals surface area contributed by atoms with Crippen molar-refractivity contribution in [1.82, 2.24) is 9.88 Å². The van der Waals surface area contributed by atoms with E-state index in [-0.39, 0.29) is 24.4 Å². The van der Waals surface area contributed by atoms with E-state index in [1.807, 2.05) is 18.2 Å². The van der Waals surface area contributed by atoms with Crippen molar-refractivity contribution in [1.29, 1.82) is 0 Å². The molecule has 2 aromatic rings. The normalized spacial score (nSPS) is 15.3. The first-order valence-electron chi connectivity index (χ1n) is 9.27. The number of aromatic nitrogens is 1. The molecule has 0 aliphatic carbocycles. The van der Waals surface area contributed by atoms with Gasteiger partial charge in [0, 0.05) is 24.9 Å². The molecule has 8 heteroatoms. The van der Waals surface area contributed by atoms with E-state index in [1.54, 1.807) is 23.2 Å². The van der Waals surface area contributed by atoms with Crippen LogP contribution in [0.2, 0.25) is 0 Å². The second kappa shape index (κ2) is 10.9. The molecule has 1 aromatic carbocycles. The maximum absolute atomic E-state index is 13.4. The summed E-state index contributed by atoms with van der Waals surface area (Å²) in [6.45, 7) is 1.64. The van der Waals surface area contributed by atoms with Gasteiger partial charge in [-0.3, -0.25) is 9.78 Å². The van der Waals surface area contributed by atoms with Gasteiger partial charge in [-0.15, -0.1) is 12.4 Å². The van der Waals surface area contributed by atoms with Crippen LogP contribution in [0.1, 0.15) is 28.9 Å². The molecule has 1 aromatic heterocycles. The molecule has 0 saturated carbocycles. The van der Waals surface area contributed by atoms with Crippen molar-refractivity contribution < 1.29 is 23.7 Å². The maximum atomic E-state index is 13.4. The molecular formula is C21H27ClN2O5. The van der Waals surface area contributed by atoms with Crippen molar-refractivity contribution in [2.45, 2.75) is 25.5 Å². The van der Waals surface area contributed by atoms with E-state index in [4.69, 9.17) is 18.9 Å². The van der Waals surface area contributed by atoms with Crippen molar-refractivity contribution in [2.24, 2.45) is 0 Å². The highest BCUT2D eigenvalue weighted by Gasteiger charge is 2.26. The number of ether oxygens (including phenoxy) is 4. The van der Waals surface area contributed by atoms with Crippen LogP contribution in [0.3, 0.4) is 0 Å². The Morgan fingerprint density at radius 3 is 2.41 bits per heavy atom. The lowest BCUT2D eigenvalue weighted by Gasteiger charge is -2.26. The van der Waals surface area contributed by atoms with Gasteiger partial charge < -0.3 is 23.8 Å². The zero-order valence-corrected chi connectivity index (χ0v) is 17.7. The molecular weight excluding hydrogens is 396 g/mol. The van der Waals surface area contributed by atoms with E-state index in [0.717, 1.165) is 25.1 Å². The van der Waals surface area contributed by atoms with Crippen molar-refractivity contribution in [3.05, 3.63) is 47.8 Å². The molecule has 1 saturated heterocycles. The standard InChI is InChI=1S/C21H26N2O5.ClH/c1-25-18-11-15(12-19(26-2)20(18)27-3)21(24)23(14-17-8-6-10-28-17)13-16-7-4-5-9-22-16;/h4-5,7,9,11-12,17H,6,8,10,13-14H2,1-3H3;1H. The SMILES string of the molecule is COc1cc(C(=O)N(Cc2ccccn2)CC2CCCO2)cc(OC)c1OC.Cl. The molecule has 0 radical (unpaired) electrons. The van der Waals surface area contributed by atoms with Crippen LogP contribution in [0, 0.1) is 0 Å². The minimum atomic E-state index is -0.139. The van der Waals surface area contributed by atoms with Gasteiger partial charge in [0.05, 0.1) is 39.7 Å². The third-order valence-electron chi connectivity index (χ3n) is 4.73. The highest BCUT2D eigenvalue weighted by Crippen LogP contribution is 2.38. The van der Waals surface area contributed by atoms with E-state index < -0.39 is 0 Å². The van der Waals surface area contributed by atoms with Crippen LogP contribution in [-0.4, -0.2) is 56.4 Å². The molecule has 1 fully saturated rings. The Morgan fingerprint density at radius 1 is 1.17 bits per heavy atom. The van der Waals surface area contributed by atoms with Crippen LogP contribution in [0.4, 0.5) is 0 Å². The average Bonchev–Trinajstić information content (AvgIpc) is 3.25. The summed E-state index contributed by atoms with van der Waals surface area (Å²) >= 11 is 0. The fraction of sp³-hybridized carbons (Fsp3) is 0.429. The number of amides is 1. The molecule has 0 N–H and O–H groups in total. The summed E-state index contributed by atoms with van der Waals surface area (Å²) in [5, 5.41) is 0. The lowest BCUT2D eigenvalue weighted by Crippen LogP contribution is -2.37. The van der Waals surface area contributed by atoms with Crippen molar-refractivity contribution in [3.63, 3.8) is 0 Å². The summed E-state index contributed by atoms with van der Waals surface area (Å²) in [7, 11) is 4.60. The monoisotopic (exact) mass is 422 g/mol. The minimum Gasteiger partial charge on any atom is -0.493 e. The lowest BCUT2D eigenvalue weighted by molar-refractivity contribution is 0.0504. The average molecular weight is 423 g/mol. The van der Waals surface area contributed by atoms with Gasteiger partial charge in [-0.1, -0.05) is 6.07 Å².